The highest BCUT2D eigenvalue weighted by Gasteiger charge is 2.26. The van der Waals surface area contributed by atoms with Crippen molar-refractivity contribution in [3.63, 3.8) is 0 Å². The number of hydrogen-bond acceptors (Lipinski definition) is 5. The Hall–Kier alpha value is -2.47. The molecule has 28 heavy (non-hydrogen) atoms. The van der Waals surface area contributed by atoms with E-state index >= 15 is 0 Å². The predicted octanol–water partition coefficient (Wildman–Crippen LogP) is 3.28. The molecule has 6 nitrogen and oxygen atoms in total. The van der Waals surface area contributed by atoms with Crippen LogP contribution < -0.4 is 4.74 Å². The van der Waals surface area contributed by atoms with Gasteiger partial charge in [-0.05, 0) is 43.9 Å². The number of aryl methyl sites for hydroxylation is 2. The molecule has 1 saturated heterocycles. The molecule has 1 aromatic carbocycles. The minimum Gasteiger partial charge on any atom is -0.497 e. The second-order valence-electron chi connectivity index (χ2n) is 7.26. The van der Waals surface area contributed by atoms with E-state index in [4.69, 9.17) is 9.47 Å². The third kappa shape index (κ3) is 5.07. The lowest BCUT2D eigenvalue weighted by Gasteiger charge is -2.32. The molecule has 1 aliphatic rings. The maximum absolute atomic E-state index is 12.6. The molecule has 150 valence electrons. The molecule has 1 amide bonds. The van der Waals surface area contributed by atoms with Crippen LogP contribution in [-0.4, -0.2) is 48.1 Å². The van der Waals surface area contributed by atoms with Gasteiger partial charge in [0.25, 0.3) is 0 Å². The van der Waals surface area contributed by atoms with Crippen LogP contribution >= 0.6 is 0 Å². The Morgan fingerprint density at radius 1 is 1.18 bits per heavy atom. The van der Waals surface area contributed by atoms with E-state index in [2.05, 4.69) is 9.97 Å². The molecule has 6 heteroatoms. The molecule has 0 spiro atoms. The first-order chi connectivity index (χ1) is 13.6. The standard InChI is InChI=1S/C22H29N3O3/c1-16-23-14-19(15-27-2)22(24-16)18-10-12-25(13-11-18)21(26)9-6-17-4-7-20(28-3)8-5-17/h4-5,7-8,14,18H,6,9-13,15H2,1-3H3. The van der Waals surface area contributed by atoms with Crippen molar-refractivity contribution < 1.29 is 14.3 Å². The smallest absolute Gasteiger partial charge is 0.222 e. The molecule has 3 rings (SSSR count). The highest BCUT2D eigenvalue weighted by atomic mass is 16.5. The number of aromatic nitrogens is 2. The zero-order valence-electron chi connectivity index (χ0n) is 17.0. The number of likely N-dealkylation sites (tertiary alicyclic amines) is 1. The molecule has 0 N–H and O–H groups in total. The summed E-state index contributed by atoms with van der Waals surface area (Å²) in [5.74, 6) is 2.21. The van der Waals surface area contributed by atoms with Crippen LogP contribution in [0.3, 0.4) is 0 Å². The summed E-state index contributed by atoms with van der Waals surface area (Å²) >= 11 is 0. The molecule has 0 unspecified atom stereocenters. The van der Waals surface area contributed by atoms with Crippen molar-refractivity contribution in [2.45, 2.75) is 45.1 Å². The first-order valence-corrected chi connectivity index (χ1v) is 9.82. The highest BCUT2D eigenvalue weighted by Crippen LogP contribution is 2.29. The molecule has 0 bridgehead atoms. The molecule has 0 atom stereocenters. The van der Waals surface area contributed by atoms with Gasteiger partial charge in [0, 0.05) is 44.3 Å². The summed E-state index contributed by atoms with van der Waals surface area (Å²) in [6.07, 6.45) is 5.03. The SMILES string of the molecule is COCc1cnc(C)nc1C1CCN(C(=O)CCc2ccc(OC)cc2)CC1. The molecule has 2 aromatic rings. The lowest BCUT2D eigenvalue weighted by Crippen LogP contribution is -2.38. The van der Waals surface area contributed by atoms with Gasteiger partial charge in [-0.25, -0.2) is 9.97 Å². The Kier molecular flexibility index (Phi) is 6.98. The molecule has 0 radical (unpaired) electrons. The maximum Gasteiger partial charge on any atom is 0.222 e. The molecular weight excluding hydrogens is 354 g/mol. The van der Waals surface area contributed by atoms with Crippen LogP contribution in [-0.2, 0) is 22.6 Å². The number of carbonyl (C=O) groups is 1. The third-order valence-electron chi connectivity index (χ3n) is 5.34. The largest absolute Gasteiger partial charge is 0.497 e. The summed E-state index contributed by atoms with van der Waals surface area (Å²) in [5.41, 5.74) is 3.29. The number of hydrogen-bond donors (Lipinski definition) is 0. The quantitative estimate of drug-likeness (QED) is 0.734. The Balaban J connectivity index is 1.53. The number of piperidine rings is 1. The van der Waals surface area contributed by atoms with E-state index in [0.29, 0.717) is 18.9 Å². The van der Waals surface area contributed by atoms with Crippen molar-refractivity contribution in [2.24, 2.45) is 0 Å². The monoisotopic (exact) mass is 383 g/mol. The predicted molar refractivity (Wildman–Crippen MR) is 107 cm³/mol. The molecule has 0 aliphatic carbocycles. The zero-order chi connectivity index (χ0) is 19.9. The van der Waals surface area contributed by atoms with Crippen molar-refractivity contribution in [2.75, 3.05) is 27.3 Å². The van der Waals surface area contributed by atoms with Crippen molar-refractivity contribution >= 4 is 5.91 Å². The van der Waals surface area contributed by atoms with Crippen molar-refractivity contribution in [3.8, 4) is 5.75 Å². The van der Waals surface area contributed by atoms with Gasteiger partial charge in [-0.15, -0.1) is 0 Å². The van der Waals surface area contributed by atoms with Crippen molar-refractivity contribution in [3.05, 3.63) is 53.1 Å². The van der Waals surface area contributed by atoms with Gasteiger partial charge >= 0.3 is 0 Å². The van der Waals surface area contributed by atoms with Crippen LogP contribution in [0.2, 0.25) is 0 Å². The topological polar surface area (TPSA) is 64.6 Å². The van der Waals surface area contributed by atoms with E-state index in [1.165, 1.54) is 0 Å². The van der Waals surface area contributed by atoms with Crippen LogP contribution in [0, 0.1) is 6.92 Å². The van der Waals surface area contributed by atoms with Crippen molar-refractivity contribution in [1.82, 2.24) is 14.9 Å². The first kappa shape index (κ1) is 20.3. The van der Waals surface area contributed by atoms with E-state index < -0.39 is 0 Å². The number of rotatable bonds is 7. The number of nitrogens with zero attached hydrogens (tertiary/aromatic N) is 3. The molecule has 0 saturated carbocycles. The van der Waals surface area contributed by atoms with Crippen LogP contribution in [0.15, 0.2) is 30.5 Å². The minimum atomic E-state index is 0.227. The fourth-order valence-electron chi connectivity index (χ4n) is 3.74. The van der Waals surface area contributed by atoms with Gasteiger partial charge in [-0.3, -0.25) is 4.79 Å². The summed E-state index contributed by atoms with van der Waals surface area (Å²) in [7, 11) is 3.34. The van der Waals surface area contributed by atoms with Gasteiger partial charge in [0.15, 0.2) is 0 Å². The lowest BCUT2D eigenvalue weighted by molar-refractivity contribution is -0.132. The summed E-state index contributed by atoms with van der Waals surface area (Å²) in [6.45, 7) is 4.00. The zero-order valence-corrected chi connectivity index (χ0v) is 17.0. The van der Waals surface area contributed by atoms with E-state index in [0.717, 1.165) is 60.7 Å². The summed E-state index contributed by atoms with van der Waals surface area (Å²) in [5, 5.41) is 0. The van der Waals surface area contributed by atoms with E-state index in [1.807, 2.05) is 42.3 Å². The van der Waals surface area contributed by atoms with Gasteiger partial charge in [0.1, 0.15) is 11.6 Å². The van der Waals surface area contributed by atoms with Gasteiger partial charge in [-0.1, -0.05) is 12.1 Å². The third-order valence-corrected chi connectivity index (χ3v) is 5.34. The second kappa shape index (κ2) is 9.64. The Labute approximate surface area is 166 Å². The van der Waals surface area contributed by atoms with E-state index in [9.17, 15) is 4.79 Å². The molecular formula is C22H29N3O3. The van der Waals surface area contributed by atoms with Crippen molar-refractivity contribution in [1.29, 1.82) is 0 Å². The van der Waals surface area contributed by atoms with Gasteiger partial charge in [0.2, 0.25) is 5.91 Å². The fourth-order valence-corrected chi connectivity index (χ4v) is 3.74. The Morgan fingerprint density at radius 3 is 2.54 bits per heavy atom. The molecule has 1 fully saturated rings. The number of ether oxygens (including phenoxy) is 2. The molecule has 1 aliphatic heterocycles. The lowest BCUT2D eigenvalue weighted by atomic mass is 9.90. The number of carbonyl (C=O) groups excluding carboxylic acids is 1. The average Bonchev–Trinajstić information content (AvgIpc) is 2.74. The normalized spacial score (nSPS) is 14.9. The average molecular weight is 383 g/mol. The van der Waals surface area contributed by atoms with Gasteiger partial charge in [0.05, 0.1) is 19.4 Å². The van der Waals surface area contributed by atoms with Gasteiger partial charge in [-0.2, -0.15) is 0 Å². The van der Waals surface area contributed by atoms with Crippen LogP contribution in [0.25, 0.3) is 0 Å². The van der Waals surface area contributed by atoms with Crippen LogP contribution in [0.4, 0.5) is 0 Å². The minimum absolute atomic E-state index is 0.227. The molecule has 2 heterocycles. The highest BCUT2D eigenvalue weighted by molar-refractivity contribution is 5.76. The summed E-state index contributed by atoms with van der Waals surface area (Å²) in [6, 6.07) is 7.92. The number of benzene rings is 1. The summed E-state index contributed by atoms with van der Waals surface area (Å²) in [4.78, 5) is 23.6. The van der Waals surface area contributed by atoms with Crippen LogP contribution in [0.5, 0.6) is 5.75 Å². The maximum atomic E-state index is 12.6. The second-order valence-corrected chi connectivity index (χ2v) is 7.26. The van der Waals surface area contributed by atoms with Gasteiger partial charge < -0.3 is 14.4 Å². The first-order valence-electron chi connectivity index (χ1n) is 9.82. The Morgan fingerprint density at radius 2 is 1.89 bits per heavy atom. The van der Waals surface area contributed by atoms with E-state index in [-0.39, 0.29) is 5.91 Å². The van der Waals surface area contributed by atoms with E-state index in [1.54, 1.807) is 14.2 Å². The number of methoxy groups -OCH3 is 2. The Bertz CT molecular complexity index is 784. The van der Waals surface area contributed by atoms with Crippen LogP contribution in [0.1, 0.15) is 47.8 Å². The summed E-state index contributed by atoms with van der Waals surface area (Å²) < 4.78 is 10.5. The molecule has 1 aromatic heterocycles. The fraction of sp³-hybridized carbons (Fsp3) is 0.500. The number of amides is 1.